The summed E-state index contributed by atoms with van der Waals surface area (Å²) in [6.07, 6.45) is 2.17. The highest BCUT2D eigenvalue weighted by Crippen LogP contribution is 2.38. The monoisotopic (exact) mass is 359 g/mol. The molecule has 3 amide bonds. The molecule has 140 valence electrons. The summed E-state index contributed by atoms with van der Waals surface area (Å²) in [4.78, 5) is 39.5. The van der Waals surface area contributed by atoms with Crippen LogP contribution >= 0.6 is 0 Å². The molecule has 0 saturated carbocycles. The molecule has 0 radical (unpaired) electrons. The number of nitrogens with one attached hydrogen (secondary N) is 3. The minimum absolute atomic E-state index is 0.112. The lowest BCUT2D eigenvalue weighted by Gasteiger charge is -2.26. The van der Waals surface area contributed by atoms with E-state index in [0.29, 0.717) is 18.7 Å². The van der Waals surface area contributed by atoms with Crippen LogP contribution in [0.1, 0.15) is 31.4 Å². The molecular weight excluding hydrogens is 332 g/mol. The predicted octanol–water partition coefficient (Wildman–Crippen LogP) is -0.499. The van der Waals surface area contributed by atoms with Crippen molar-refractivity contribution >= 4 is 29.1 Å². The minimum atomic E-state index is -0.663. The highest BCUT2D eigenvalue weighted by molar-refractivity contribution is 6.39. The van der Waals surface area contributed by atoms with Crippen molar-refractivity contribution in [3.8, 4) is 0 Å². The second kappa shape index (κ2) is 7.86. The lowest BCUT2D eigenvalue weighted by molar-refractivity contribution is -0.895. The Kier molecular flexibility index (Phi) is 5.56. The number of anilines is 2. The molecule has 2 aliphatic heterocycles. The molecule has 0 fully saturated rings. The molecule has 2 heterocycles. The summed E-state index contributed by atoms with van der Waals surface area (Å²) < 4.78 is 0. The molecule has 0 spiro atoms. The van der Waals surface area contributed by atoms with E-state index in [-0.39, 0.29) is 5.91 Å². The Morgan fingerprint density at radius 1 is 1.15 bits per heavy atom. The van der Waals surface area contributed by atoms with E-state index in [4.69, 9.17) is 0 Å². The maximum atomic E-state index is 12.2. The molecule has 0 aliphatic carbocycles. The predicted molar refractivity (Wildman–Crippen MR) is 99.4 cm³/mol. The zero-order valence-electron chi connectivity index (χ0n) is 15.5. The molecular formula is C19H27N4O3+. The summed E-state index contributed by atoms with van der Waals surface area (Å²) in [7, 11) is 0. The number of nitrogens with zero attached hydrogens (tertiary/aromatic N) is 1. The van der Waals surface area contributed by atoms with Gasteiger partial charge in [0.2, 0.25) is 5.91 Å². The molecule has 2 aliphatic rings. The standard InChI is InChI=1S/C19H26N4O3/c1-3-22(4-2)9-7-20-18(25)19(26)21-15-10-13-6-5-8-23-16(24)12-14(11-15)17(13)23/h10-11H,3-9,12H2,1-2H3,(H,20,25)(H,21,26)/p+1. The number of likely N-dealkylation sites (N-methyl/N-ethyl adjacent to an activating group) is 1. The van der Waals surface area contributed by atoms with Crippen LogP contribution in [-0.4, -0.2) is 50.4 Å². The number of carbonyl (C=O) groups excluding carboxylic acids is 3. The van der Waals surface area contributed by atoms with E-state index in [2.05, 4.69) is 24.5 Å². The summed E-state index contributed by atoms with van der Waals surface area (Å²) in [6.45, 7) is 8.22. The highest BCUT2D eigenvalue weighted by atomic mass is 16.2. The van der Waals surface area contributed by atoms with Crippen molar-refractivity contribution < 1.29 is 19.3 Å². The van der Waals surface area contributed by atoms with Crippen LogP contribution in [0, 0.1) is 0 Å². The van der Waals surface area contributed by atoms with Gasteiger partial charge in [-0.25, -0.2) is 0 Å². The van der Waals surface area contributed by atoms with Gasteiger partial charge in [0.15, 0.2) is 0 Å². The SMILES string of the molecule is CC[NH+](CC)CCNC(=O)C(=O)Nc1cc2c3c(c1)CC(=O)N3CCC2. The van der Waals surface area contributed by atoms with Gasteiger partial charge in [-0.2, -0.15) is 0 Å². The van der Waals surface area contributed by atoms with Gasteiger partial charge in [-0.05, 0) is 49.9 Å². The molecule has 26 heavy (non-hydrogen) atoms. The van der Waals surface area contributed by atoms with Crippen molar-refractivity contribution in [3.63, 3.8) is 0 Å². The first-order valence-corrected chi connectivity index (χ1v) is 9.42. The van der Waals surface area contributed by atoms with Crippen molar-refractivity contribution in [1.82, 2.24) is 5.32 Å². The number of aryl methyl sites for hydroxylation is 1. The minimum Gasteiger partial charge on any atom is -0.342 e. The van der Waals surface area contributed by atoms with Gasteiger partial charge in [-0.3, -0.25) is 14.4 Å². The quantitative estimate of drug-likeness (QED) is 0.599. The Balaban J connectivity index is 1.61. The largest absolute Gasteiger partial charge is 0.342 e. The van der Waals surface area contributed by atoms with Crippen LogP contribution in [0.4, 0.5) is 11.4 Å². The topological polar surface area (TPSA) is 83.0 Å². The Labute approximate surface area is 153 Å². The van der Waals surface area contributed by atoms with Crippen LogP contribution in [0.2, 0.25) is 0 Å². The van der Waals surface area contributed by atoms with E-state index >= 15 is 0 Å². The molecule has 7 nitrogen and oxygen atoms in total. The lowest BCUT2D eigenvalue weighted by Crippen LogP contribution is -3.12. The summed E-state index contributed by atoms with van der Waals surface area (Å²) in [6, 6.07) is 3.70. The van der Waals surface area contributed by atoms with Crippen LogP contribution in [0.25, 0.3) is 0 Å². The Bertz CT molecular complexity index is 728. The van der Waals surface area contributed by atoms with Crippen LogP contribution < -0.4 is 20.4 Å². The molecule has 3 rings (SSSR count). The van der Waals surface area contributed by atoms with Gasteiger partial charge in [-0.1, -0.05) is 0 Å². The molecule has 0 unspecified atom stereocenters. The fourth-order valence-corrected chi connectivity index (χ4v) is 3.78. The Hall–Kier alpha value is -2.41. The van der Waals surface area contributed by atoms with Gasteiger partial charge in [0, 0.05) is 12.2 Å². The first-order valence-electron chi connectivity index (χ1n) is 9.42. The maximum Gasteiger partial charge on any atom is 0.313 e. The summed E-state index contributed by atoms with van der Waals surface area (Å²) in [5.41, 5.74) is 3.60. The number of rotatable bonds is 6. The molecule has 0 bridgehead atoms. The van der Waals surface area contributed by atoms with E-state index in [1.54, 1.807) is 0 Å². The van der Waals surface area contributed by atoms with E-state index < -0.39 is 11.8 Å². The van der Waals surface area contributed by atoms with E-state index in [9.17, 15) is 14.4 Å². The average molecular weight is 359 g/mol. The van der Waals surface area contributed by atoms with Crippen LogP contribution in [0.5, 0.6) is 0 Å². The zero-order valence-corrected chi connectivity index (χ0v) is 15.5. The first-order chi connectivity index (χ1) is 12.5. The third-order valence-electron chi connectivity index (χ3n) is 5.24. The lowest BCUT2D eigenvalue weighted by atomic mass is 9.99. The number of amides is 3. The van der Waals surface area contributed by atoms with Crippen LogP contribution in [-0.2, 0) is 27.2 Å². The fraction of sp³-hybridized carbons (Fsp3) is 0.526. The molecule has 0 aromatic heterocycles. The maximum absolute atomic E-state index is 12.2. The fourth-order valence-electron chi connectivity index (χ4n) is 3.78. The zero-order chi connectivity index (χ0) is 18.7. The number of benzene rings is 1. The van der Waals surface area contributed by atoms with E-state index in [1.807, 2.05) is 17.0 Å². The highest BCUT2D eigenvalue weighted by Gasteiger charge is 2.32. The number of hydrogen-bond donors (Lipinski definition) is 3. The van der Waals surface area contributed by atoms with E-state index in [0.717, 1.165) is 55.8 Å². The van der Waals surface area contributed by atoms with E-state index in [1.165, 1.54) is 4.90 Å². The van der Waals surface area contributed by atoms with Gasteiger partial charge in [0.05, 0.1) is 38.3 Å². The summed E-state index contributed by atoms with van der Waals surface area (Å²) in [5.74, 6) is -1.17. The van der Waals surface area contributed by atoms with Crippen LogP contribution in [0.3, 0.4) is 0 Å². The van der Waals surface area contributed by atoms with Crippen LogP contribution in [0.15, 0.2) is 12.1 Å². The number of quaternary nitrogens is 1. The van der Waals surface area contributed by atoms with Crippen molar-refractivity contribution in [1.29, 1.82) is 0 Å². The number of carbonyl (C=O) groups is 3. The summed E-state index contributed by atoms with van der Waals surface area (Å²) >= 11 is 0. The number of hydrogen-bond acceptors (Lipinski definition) is 3. The smallest absolute Gasteiger partial charge is 0.313 e. The molecule has 0 atom stereocenters. The van der Waals surface area contributed by atoms with Gasteiger partial charge < -0.3 is 20.4 Å². The first kappa shape index (κ1) is 18.4. The van der Waals surface area contributed by atoms with Crippen molar-refractivity contribution in [2.45, 2.75) is 33.1 Å². The van der Waals surface area contributed by atoms with Gasteiger partial charge >= 0.3 is 11.8 Å². The Morgan fingerprint density at radius 2 is 1.88 bits per heavy atom. The van der Waals surface area contributed by atoms with Crippen molar-refractivity contribution in [2.24, 2.45) is 0 Å². The van der Waals surface area contributed by atoms with Gasteiger partial charge in [0.1, 0.15) is 0 Å². The summed E-state index contributed by atoms with van der Waals surface area (Å²) in [5, 5.41) is 5.35. The second-order valence-electron chi connectivity index (χ2n) is 6.89. The van der Waals surface area contributed by atoms with Crippen molar-refractivity contribution in [2.75, 3.05) is 42.9 Å². The molecule has 0 saturated heterocycles. The Morgan fingerprint density at radius 3 is 2.62 bits per heavy atom. The van der Waals surface area contributed by atoms with Crippen molar-refractivity contribution in [3.05, 3.63) is 23.3 Å². The average Bonchev–Trinajstić information content (AvgIpc) is 2.95. The third-order valence-corrected chi connectivity index (χ3v) is 5.24. The third kappa shape index (κ3) is 3.72. The molecule has 3 N–H and O–H groups in total. The molecule has 7 heteroatoms. The van der Waals surface area contributed by atoms with Gasteiger partial charge in [0.25, 0.3) is 0 Å². The second-order valence-corrected chi connectivity index (χ2v) is 6.89. The molecule has 1 aromatic rings. The van der Waals surface area contributed by atoms with Gasteiger partial charge in [-0.15, -0.1) is 0 Å². The normalized spacial score (nSPS) is 15.2. The molecule has 1 aromatic carbocycles.